The van der Waals surface area contributed by atoms with Gasteiger partial charge < -0.3 is 25.2 Å². The summed E-state index contributed by atoms with van der Waals surface area (Å²) in [5.74, 6) is -4.04. The lowest BCUT2D eigenvalue weighted by molar-refractivity contribution is -0.151. The van der Waals surface area contributed by atoms with Crippen LogP contribution in [0.4, 0.5) is 0 Å². The molecule has 8 heteroatoms. The molecule has 33 heavy (non-hydrogen) atoms. The van der Waals surface area contributed by atoms with Gasteiger partial charge in [0.05, 0.1) is 5.92 Å². The molecular weight excluding hydrogens is 424 g/mol. The van der Waals surface area contributed by atoms with E-state index in [1.165, 1.54) is 6.92 Å². The van der Waals surface area contributed by atoms with Crippen molar-refractivity contribution in [3.8, 4) is 5.75 Å². The summed E-state index contributed by atoms with van der Waals surface area (Å²) in [5, 5.41) is 22.0. The number of carboxylic acids is 1. The van der Waals surface area contributed by atoms with E-state index >= 15 is 0 Å². The Morgan fingerprint density at radius 1 is 1.21 bits per heavy atom. The van der Waals surface area contributed by atoms with Crippen molar-refractivity contribution in [1.82, 2.24) is 10.2 Å². The van der Waals surface area contributed by atoms with E-state index in [0.717, 1.165) is 44.3 Å². The molecule has 8 nitrogen and oxygen atoms in total. The fraction of sp³-hybridized carbons (Fsp3) is 0.640. The molecule has 0 aliphatic carbocycles. The molecule has 0 radical (unpaired) electrons. The molecule has 0 bridgehead atoms. The number of carbonyl (C=O) groups excluding carboxylic acids is 2. The van der Waals surface area contributed by atoms with Crippen molar-refractivity contribution in [2.24, 2.45) is 11.8 Å². The lowest BCUT2D eigenvalue weighted by Crippen LogP contribution is -2.49. The number of nitrogens with zero attached hydrogens (tertiary/aromatic N) is 1. The standard InChI is InChI=1S/C25H38N2O6/c1-6-25(12-7-8-13-27(5)15-25)18-10-9-11-19(14-18)33-24(32)21(28)17(4)22(29)26-20(16(2)3)23(30)31/h9-11,14,16-17,20-21,28H,6-8,12-13,15H2,1-5H3,(H,26,29)(H,30,31). The van der Waals surface area contributed by atoms with Gasteiger partial charge in [-0.15, -0.1) is 0 Å². The number of hydrogen-bond donors (Lipinski definition) is 3. The number of rotatable bonds is 9. The van der Waals surface area contributed by atoms with Crippen LogP contribution in [0.25, 0.3) is 0 Å². The van der Waals surface area contributed by atoms with Gasteiger partial charge in [-0.25, -0.2) is 9.59 Å². The molecule has 3 N–H and O–H groups in total. The third-order valence-electron chi connectivity index (χ3n) is 6.72. The van der Waals surface area contributed by atoms with E-state index in [9.17, 15) is 24.6 Å². The Bertz CT molecular complexity index is 842. The van der Waals surface area contributed by atoms with Crippen LogP contribution in [0.15, 0.2) is 24.3 Å². The van der Waals surface area contributed by atoms with Crippen LogP contribution >= 0.6 is 0 Å². The maximum Gasteiger partial charge on any atom is 0.341 e. The maximum absolute atomic E-state index is 12.6. The van der Waals surface area contributed by atoms with Gasteiger partial charge in [0.2, 0.25) is 5.91 Å². The first kappa shape index (κ1) is 26.8. The van der Waals surface area contributed by atoms with Crippen LogP contribution in [0, 0.1) is 11.8 Å². The summed E-state index contributed by atoms with van der Waals surface area (Å²) >= 11 is 0. The fourth-order valence-electron chi connectivity index (χ4n) is 4.46. The topological polar surface area (TPSA) is 116 Å². The third kappa shape index (κ3) is 6.77. The zero-order valence-electron chi connectivity index (χ0n) is 20.3. The molecule has 4 atom stereocenters. The summed E-state index contributed by atoms with van der Waals surface area (Å²) < 4.78 is 5.43. The minimum absolute atomic E-state index is 0.0395. The van der Waals surface area contributed by atoms with Crippen LogP contribution in [-0.2, 0) is 19.8 Å². The van der Waals surface area contributed by atoms with Gasteiger partial charge in [0.25, 0.3) is 0 Å². The number of nitrogens with one attached hydrogen (secondary N) is 1. The number of carboxylic acid groups (broad SMARTS) is 1. The summed E-state index contributed by atoms with van der Waals surface area (Å²) in [6.45, 7) is 8.84. The molecule has 4 unspecified atom stereocenters. The maximum atomic E-state index is 12.6. The van der Waals surface area contributed by atoms with E-state index < -0.39 is 35.9 Å². The van der Waals surface area contributed by atoms with Crippen LogP contribution in [0.1, 0.15) is 58.9 Å². The molecule has 0 aromatic heterocycles. The second kappa shape index (κ2) is 11.6. The Balaban J connectivity index is 2.12. The first-order valence-corrected chi connectivity index (χ1v) is 11.7. The van der Waals surface area contributed by atoms with Gasteiger partial charge in [0, 0.05) is 12.0 Å². The first-order chi connectivity index (χ1) is 15.5. The van der Waals surface area contributed by atoms with E-state index in [2.05, 4.69) is 24.2 Å². The van der Waals surface area contributed by atoms with Gasteiger partial charge >= 0.3 is 11.9 Å². The second-order valence-corrected chi connectivity index (χ2v) is 9.58. The lowest BCUT2D eigenvalue weighted by atomic mass is 9.74. The Morgan fingerprint density at radius 3 is 2.52 bits per heavy atom. The van der Waals surface area contributed by atoms with Crippen molar-refractivity contribution in [2.45, 2.75) is 70.9 Å². The Hall–Kier alpha value is -2.45. The molecule has 2 rings (SSSR count). The largest absolute Gasteiger partial charge is 0.480 e. The summed E-state index contributed by atoms with van der Waals surface area (Å²) in [6, 6.07) is 6.27. The third-order valence-corrected chi connectivity index (χ3v) is 6.72. The Labute approximate surface area is 196 Å². The number of aliphatic hydroxyl groups excluding tert-OH is 1. The zero-order chi connectivity index (χ0) is 24.8. The molecule has 1 aliphatic rings. The highest BCUT2D eigenvalue weighted by Gasteiger charge is 2.35. The minimum atomic E-state index is -1.72. The van der Waals surface area contributed by atoms with Gasteiger partial charge in [-0.2, -0.15) is 0 Å². The fourth-order valence-corrected chi connectivity index (χ4v) is 4.46. The number of aliphatic carboxylic acids is 1. The number of benzene rings is 1. The highest BCUT2D eigenvalue weighted by Crippen LogP contribution is 2.37. The molecular formula is C25H38N2O6. The number of carbonyl (C=O) groups is 3. The number of hydrogen-bond acceptors (Lipinski definition) is 6. The minimum Gasteiger partial charge on any atom is -0.480 e. The Morgan fingerprint density at radius 2 is 1.91 bits per heavy atom. The van der Waals surface area contributed by atoms with E-state index in [-0.39, 0.29) is 11.3 Å². The smallest absolute Gasteiger partial charge is 0.341 e. The van der Waals surface area contributed by atoms with Crippen molar-refractivity contribution in [3.05, 3.63) is 29.8 Å². The number of esters is 1. The molecule has 1 amide bonds. The molecule has 1 aliphatic heterocycles. The molecule has 1 heterocycles. The number of amides is 1. The number of likely N-dealkylation sites (tertiary alicyclic amines) is 1. The lowest BCUT2D eigenvalue weighted by Gasteiger charge is -2.35. The van der Waals surface area contributed by atoms with Gasteiger partial charge in [-0.3, -0.25) is 4.79 Å². The van der Waals surface area contributed by atoms with Gasteiger partial charge in [0.15, 0.2) is 6.10 Å². The van der Waals surface area contributed by atoms with Crippen molar-refractivity contribution in [3.63, 3.8) is 0 Å². The SMILES string of the molecule is CCC1(c2cccc(OC(=O)C(O)C(C)C(=O)NC(C(=O)O)C(C)C)c2)CCCCN(C)C1. The van der Waals surface area contributed by atoms with Crippen molar-refractivity contribution < 1.29 is 29.3 Å². The highest BCUT2D eigenvalue weighted by molar-refractivity contribution is 5.89. The average molecular weight is 463 g/mol. The normalized spacial score (nSPS) is 22.2. The van der Waals surface area contributed by atoms with E-state index in [4.69, 9.17) is 4.74 Å². The zero-order valence-corrected chi connectivity index (χ0v) is 20.3. The van der Waals surface area contributed by atoms with Crippen LogP contribution in [0.2, 0.25) is 0 Å². The quantitative estimate of drug-likeness (QED) is 0.381. The molecule has 184 valence electrons. The summed E-state index contributed by atoms with van der Waals surface area (Å²) in [6.07, 6.45) is 2.56. The molecule has 1 aromatic carbocycles. The number of likely N-dealkylation sites (N-methyl/N-ethyl adjacent to an activating group) is 1. The predicted molar refractivity (Wildman–Crippen MR) is 125 cm³/mol. The number of aliphatic hydroxyl groups is 1. The van der Waals surface area contributed by atoms with E-state index in [1.807, 2.05) is 18.2 Å². The highest BCUT2D eigenvalue weighted by atomic mass is 16.5. The van der Waals surface area contributed by atoms with Crippen LogP contribution < -0.4 is 10.1 Å². The van der Waals surface area contributed by atoms with Gasteiger partial charge in [0.1, 0.15) is 11.8 Å². The summed E-state index contributed by atoms with van der Waals surface area (Å²) in [7, 11) is 2.12. The van der Waals surface area contributed by atoms with Crippen molar-refractivity contribution in [2.75, 3.05) is 20.1 Å². The van der Waals surface area contributed by atoms with Crippen molar-refractivity contribution in [1.29, 1.82) is 0 Å². The van der Waals surface area contributed by atoms with Crippen LogP contribution in [0.5, 0.6) is 5.75 Å². The molecule has 1 fully saturated rings. The summed E-state index contributed by atoms with van der Waals surface area (Å²) in [4.78, 5) is 38.7. The van der Waals surface area contributed by atoms with Crippen LogP contribution in [0.3, 0.4) is 0 Å². The van der Waals surface area contributed by atoms with Crippen molar-refractivity contribution >= 4 is 17.8 Å². The molecule has 0 saturated carbocycles. The molecule has 1 saturated heterocycles. The van der Waals surface area contributed by atoms with E-state index in [1.54, 1.807) is 19.9 Å². The monoisotopic (exact) mass is 462 g/mol. The Kier molecular flexibility index (Phi) is 9.43. The van der Waals surface area contributed by atoms with E-state index in [0.29, 0.717) is 5.75 Å². The van der Waals surface area contributed by atoms with Crippen LogP contribution in [-0.4, -0.2) is 65.2 Å². The van der Waals surface area contributed by atoms with Gasteiger partial charge in [-0.1, -0.05) is 46.2 Å². The van der Waals surface area contributed by atoms with Gasteiger partial charge in [-0.05, 0) is 56.5 Å². The second-order valence-electron chi connectivity index (χ2n) is 9.58. The number of ether oxygens (including phenoxy) is 1. The first-order valence-electron chi connectivity index (χ1n) is 11.7. The predicted octanol–water partition coefficient (Wildman–Crippen LogP) is 2.58. The summed E-state index contributed by atoms with van der Waals surface area (Å²) in [5.41, 5.74) is 1.05. The molecule has 0 spiro atoms. The molecule has 1 aromatic rings. The average Bonchev–Trinajstić information content (AvgIpc) is 2.97.